The van der Waals surface area contributed by atoms with Crippen molar-refractivity contribution in [2.24, 2.45) is 17.8 Å². The number of aliphatic hydroxyl groups is 1. The number of rotatable bonds is 4. The highest BCUT2D eigenvalue weighted by Crippen LogP contribution is 2.51. The van der Waals surface area contributed by atoms with E-state index in [0.717, 1.165) is 6.42 Å². The molecule has 1 aliphatic carbocycles. The van der Waals surface area contributed by atoms with E-state index in [1.807, 2.05) is 6.92 Å². The summed E-state index contributed by atoms with van der Waals surface area (Å²) >= 11 is 0. The van der Waals surface area contributed by atoms with E-state index in [1.165, 1.54) is 0 Å². The van der Waals surface area contributed by atoms with Crippen molar-refractivity contribution in [1.29, 1.82) is 0 Å². The molecular formula is C13H20F6O. The SMILES string of the molecule is CCC1CC(CC)C(CC(O)(C(F)(F)F)C(F)(F)F)C1. The zero-order valence-corrected chi connectivity index (χ0v) is 11.5. The Morgan fingerprint density at radius 1 is 0.850 bits per heavy atom. The second-order valence-electron chi connectivity index (χ2n) is 5.73. The lowest BCUT2D eigenvalue weighted by molar-refractivity contribution is -0.373. The van der Waals surface area contributed by atoms with Crippen molar-refractivity contribution in [2.75, 3.05) is 0 Å². The summed E-state index contributed by atoms with van der Waals surface area (Å²) in [5.74, 6) is -0.773. The second-order valence-corrected chi connectivity index (χ2v) is 5.73. The molecule has 0 aliphatic heterocycles. The summed E-state index contributed by atoms with van der Waals surface area (Å²) in [7, 11) is 0. The molecule has 120 valence electrons. The molecular weight excluding hydrogens is 286 g/mol. The van der Waals surface area contributed by atoms with Crippen LogP contribution in [0, 0.1) is 17.8 Å². The molecule has 20 heavy (non-hydrogen) atoms. The van der Waals surface area contributed by atoms with Crippen molar-refractivity contribution in [3.63, 3.8) is 0 Å². The van der Waals surface area contributed by atoms with Gasteiger partial charge >= 0.3 is 12.4 Å². The quantitative estimate of drug-likeness (QED) is 0.747. The normalized spacial score (nSPS) is 28.9. The van der Waals surface area contributed by atoms with Crippen molar-refractivity contribution < 1.29 is 31.4 Å². The highest BCUT2D eigenvalue weighted by Gasteiger charge is 2.70. The van der Waals surface area contributed by atoms with Crippen LogP contribution in [0.25, 0.3) is 0 Å². The predicted molar refractivity (Wildman–Crippen MR) is 62.0 cm³/mol. The van der Waals surface area contributed by atoms with Crippen molar-refractivity contribution in [2.45, 2.75) is 63.9 Å². The van der Waals surface area contributed by atoms with Gasteiger partial charge in [-0.3, -0.25) is 0 Å². The maximum atomic E-state index is 12.7. The lowest BCUT2D eigenvalue weighted by atomic mass is 9.82. The smallest absolute Gasteiger partial charge is 0.374 e. The van der Waals surface area contributed by atoms with E-state index in [9.17, 15) is 31.4 Å². The Labute approximate surface area is 114 Å². The van der Waals surface area contributed by atoms with E-state index in [1.54, 1.807) is 6.92 Å². The molecule has 1 nitrogen and oxygen atoms in total. The third-order valence-corrected chi connectivity index (χ3v) is 4.54. The van der Waals surface area contributed by atoms with Crippen LogP contribution in [-0.2, 0) is 0 Å². The Balaban J connectivity index is 2.97. The van der Waals surface area contributed by atoms with E-state index in [0.29, 0.717) is 19.3 Å². The summed E-state index contributed by atoms with van der Waals surface area (Å²) < 4.78 is 76.2. The molecule has 3 atom stereocenters. The molecule has 1 rings (SSSR count). The van der Waals surface area contributed by atoms with E-state index >= 15 is 0 Å². The first-order valence-electron chi connectivity index (χ1n) is 6.82. The number of alkyl halides is 6. The Kier molecular flexibility index (Phi) is 5.04. The summed E-state index contributed by atoms with van der Waals surface area (Å²) in [6, 6.07) is 0. The largest absolute Gasteiger partial charge is 0.426 e. The minimum atomic E-state index is -5.70. The van der Waals surface area contributed by atoms with Gasteiger partial charge in [0.1, 0.15) is 0 Å². The zero-order chi connectivity index (χ0) is 15.8. The second kappa shape index (κ2) is 5.73. The Hall–Kier alpha value is -0.460. The van der Waals surface area contributed by atoms with Crippen molar-refractivity contribution in [3.05, 3.63) is 0 Å². The Bertz CT molecular complexity index is 308. The molecule has 7 heteroatoms. The first kappa shape index (κ1) is 17.6. The van der Waals surface area contributed by atoms with E-state index in [2.05, 4.69) is 0 Å². The maximum absolute atomic E-state index is 12.7. The summed E-state index contributed by atoms with van der Waals surface area (Å²) in [5.41, 5.74) is -4.60. The van der Waals surface area contributed by atoms with Crippen LogP contribution in [0.2, 0.25) is 0 Å². The van der Waals surface area contributed by atoms with Gasteiger partial charge in [0, 0.05) is 0 Å². The topological polar surface area (TPSA) is 20.2 Å². The van der Waals surface area contributed by atoms with Crippen LogP contribution in [0.5, 0.6) is 0 Å². The molecule has 0 aromatic rings. The lowest BCUT2D eigenvalue weighted by Crippen LogP contribution is -2.58. The van der Waals surface area contributed by atoms with Gasteiger partial charge in [0.05, 0.1) is 0 Å². The lowest BCUT2D eigenvalue weighted by Gasteiger charge is -2.35. The van der Waals surface area contributed by atoms with Crippen LogP contribution < -0.4 is 0 Å². The van der Waals surface area contributed by atoms with Gasteiger partial charge in [-0.15, -0.1) is 0 Å². The van der Waals surface area contributed by atoms with Crippen LogP contribution >= 0.6 is 0 Å². The molecule has 1 N–H and O–H groups in total. The van der Waals surface area contributed by atoms with Gasteiger partial charge in [-0.05, 0) is 37.0 Å². The molecule has 1 aliphatic rings. The van der Waals surface area contributed by atoms with E-state index in [4.69, 9.17) is 0 Å². The fourth-order valence-electron chi connectivity index (χ4n) is 3.19. The van der Waals surface area contributed by atoms with Crippen LogP contribution in [0.1, 0.15) is 46.0 Å². The molecule has 1 saturated carbocycles. The van der Waals surface area contributed by atoms with E-state index in [-0.39, 0.29) is 11.8 Å². The number of hydrogen-bond acceptors (Lipinski definition) is 1. The fourth-order valence-corrected chi connectivity index (χ4v) is 3.19. The third kappa shape index (κ3) is 3.23. The minimum absolute atomic E-state index is 0.149. The van der Waals surface area contributed by atoms with E-state index < -0.39 is 30.3 Å². The standard InChI is InChI=1S/C13H20F6O/c1-3-8-5-9(4-2)10(6-8)7-11(20,12(14,15)16)13(17,18)19/h8-10,20H,3-7H2,1-2H3. The van der Waals surface area contributed by atoms with Crippen molar-refractivity contribution in [1.82, 2.24) is 0 Å². The summed E-state index contributed by atoms with van der Waals surface area (Å²) in [6.45, 7) is 3.63. The average Bonchev–Trinajstić information content (AvgIpc) is 2.68. The molecule has 0 amide bonds. The summed E-state index contributed by atoms with van der Waals surface area (Å²) in [5, 5.41) is 9.27. The summed E-state index contributed by atoms with van der Waals surface area (Å²) in [6.07, 6.45) is -10.4. The van der Waals surface area contributed by atoms with Gasteiger partial charge < -0.3 is 5.11 Å². The third-order valence-electron chi connectivity index (χ3n) is 4.54. The highest BCUT2D eigenvalue weighted by molar-refractivity contribution is 4.98. The van der Waals surface area contributed by atoms with Gasteiger partial charge in [-0.2, -0.15) is 26.3 Å². The van der Waals surface area contributed by atoms with Gasteiger partial charge in [-0.1, -0.05) is 26.7 Å². The number of hydrogen-bond donors (Lipinski definition) is 1. The van der Waals surface area contributed by atoms with Crippen molar-refractivity contribution in [3.8, 4) is 0 Å². The summed E-state index contributed by atoms with van der Waals surface area (Å²) in [4.78, 5) is 0. The van der Waals surface area contributed by atoms with Crippen LogP contribution in [0.15, 0.2) is 0 Å². The monoisotopic (exact) mass is 306 g/mol. The minimum Gasteiger partial charge on any atom is -0.374 e. The first-order valence-corrected chi connectivity index (χ1v) is 6.82. The Morgan fingerprint density at radius 2 is 1.30 bits per heavy atom. The molecule has 0 saturated heterocycles. The molecule has 0 radical (unpaired) electrons. The molecule has 1 fully saturated rings. The molecule has 0 aromatic carbocycles. The molecule has 0 heterocycles. The highest BCUT2D eigenvalue weighted by atomic mass is 19.4. The molecule has 0 aromatic heterocycles. The van der Waals surface area contributed by atoms with Gasteiger partial charge in [0.2, 0.25) is 0 Å². The van der Waals surface area contributed by atoms with Gasteiger partial charge in [0.15, 0.2) is 0 Å². The average molecular weight is 306 g/mol. The predicted octanol–water partition coefficient (Wildman–Crippen LogP) is 4.69. The van der Waals surface area contributed by atoms with Crippen LogP contribution in [0.4, 0.5) is 26.3 Å². The maximum Gasteiger partial charge on any atom is 0.426 e. The number of halogens is 6. The van der Waals surface area contributed by atoms with Crippen LogP contribution in [-0.4, -0.2) is 23.1 Å². The molecule has 3 unspecified atom stereocenters. The van der Waals surface area contributed by atoms with Crippen LogP contribution in [0.3, 0.4) is 0 Å². The van der Waals surface area contributed by atoms with Gasteiger partial charge in [-0.25, -0.2) is 0 Å². The molecule has 0 spiro atoms. The van der Waals surface area contributed by atoms with Crippen molar-refractivity contribution >= 4 is 0 Å². The fraction of sp³-hybridized carbons (Fsp3) is 1.00. The molecule has 0 bridgehead atoms. The Morgan fingerprint density at radius 3 is 1.65 bits per heavy atom. The van der Waals surface area contributed by atoms with Gasteiger partial charge in [0.25, 0.3) is 5.60 Å². The zero-order valence-electron chi connectivity index (χ0n) is 11.5. The first-order chi connectivity index (χ1) is 8.96.